The van der Waals surface area contributed by atoms with E-state index < -0.39 is 46.9 Å². The van der Waals surface area contributed by atoms with Crippen molar-refractivity contribution in [2.75, 3.05) is 0 Å². The number of fused-ring (bicyclic) bond motifs is 2. The third-order valence-electron chi connectivity index (χ3n) is 6.79. The maximum atomic E-state index is 12.1. The lowest BCUT2D eigenvalue weighted by molar-refractivity contribution is -0.283. The van der Waals surface area contributed by atoms with Crippen molar-refractivity contribution in [2.45, 2.75) is 77.5 Å². The normalized spacial score (nSPS) is 43.6. The second-order valence-electron chi connectivity index (χ2n) is 8.63. The van der Waals surface area contributed by atoms with Gasteiger partial charge < -0.3 is 24.8 Å². The highest BCUT2D eigenvalue weighted by Gasteiger charge is 2.70. The number of ether oxygens (including phenoxy) is 2. The first-order valence-electron chi connectivity index (χ1n) is 9.28. The molecule has 6 atom stereocenters. The molecule has 1 aliphatic heterocycles. The quantitative estimate of drug-likeness (QED) is 0.490. The van der Waals surface area contributed by atoms with Crippen molar-refractivity contribution in [1.82, 2.24) is 0 Å². The maximum Gasteiger partial charge on any atom is 0.336 e. The molecule has 3 aliphatic rings. The highest BCUT2D eigenvalue weighted by Crippen LogP contribution is 2.61. The van der Waals surface area contributed by atoms with Gasteiger partial charge in [-0.25, -0.2) is 9.59 Å². The van der Waals surface area contributed by atoms with Crippen molar-refractivity contribution >= 4 is 11.9 Å². The molecule has 0 aromatic heterocycles. The van der Waals surface area contributed by atoms with Crippen LogP contribution in [0.4, 0.5) is 0 Å². The predicted molar refractivity (Wildman–Crippen MR) is 95.1 cm³/mol. The molecule has 150 valence electrons. The monoisotopic (exact) mass is 380 g/mol. The molecule has 3 rings (SSSR count). The summed E-state index contributed by atoms with van der Waals surface area (Å²) < 4.78 is 10.7. The first-order chi connectivity index (χ1) is 12.4. The molecule has 0 aromatic carbocycles. The average Bonchev–Trinajstić information content (AvgIpc) is 2.75. The van der Waals surface area contributed by atoms with E-state index in [1.54, 1.807) is 20.8 Å². The van der Waals surface area contributed by atoms with Crippen LogP contribution < -0.4 is 0 Å². The molecule has 0 unspecified atom stereocenters. The smallest absolute Gasteiger partial charge is 0.336 e. The molecule has 27 heavy (non-hydrogen) atoms. The number of hydrogen-bond donors (Lipinski definition) is 3. The van der Waals surface area contributed by atoms with Gasteiger partial charge in [-0.15, -0.1) is 0 Å². The van der Waals surface area contributed by atoms with Crippen LogP contribution in [0.5, 0.6) is 0 Å². The van der Waals surface area contributed by atoms with E-state index in [2.05, 4.69) is 0 Å². The van der Waals surface area contributed by atoms with Crippen molar-refractivity contribution < 1.29 is 34.4 Å². The van der Waals surface area contributed by atoms with Gasteiger partial charge in [0.1, 0.15) is 6.10 Å². The summed E-state index contributed by atoms with van der Waals surface area (Å²) in [6, 6.07) is 0. The van der Waals surface area contributed by atoms with E-state index in [-0.39, 0.29) is 24.0 Å². The van der Waals surface area contributed by atoms with Gasteiger partial charge in [0.05, 0.1) is 11.7 Å². The van der Waals surface area contributed by atoms with E-state index in [0.717, 1.165) is 5.57 Å². The van der Waals surface area contributed by atoms with Crippen LogP contribution in [0.1, 0.15) is 53.9 Å². The Balaban J connectivity index is 1.98. The van der Waals surface area contributed by atoms with E-state index in [1.165, 1.54) is 13.0 Å². The van der Waals surface area contributed by atoms with E-state index in [1.807, 2.05) is 6.92 Å². The van der Waals surface area contributed by atoms with Crippen molar-refractivity contribution in [2.24, 2.45) is 11.3 Å². The number of aliphatic hydroxyl groups is 3. The van der Waals surface area contributed by atoms with E-state index in [4.69, 9.17) is 9.47 Å². The number of aliphatic hydroxyl groups excluding tert-OH is 1. The van der Waals surface area contributed by atoms with Gasteiger partial charge in [-0.05, 0) is 33.6 Å². The molecule has 2 aliphatic carbocycles. The first-order valence-corrected chi connectivity index (χ1v) is 9.28. The Kier molecular flexibility index (Phi) is 4.57. The summed E-state index contributed by atoms with van der Waals surface area (Å²) in [5.74, 6) is -3.57. The molecule has 0 saturated heterocycles. The van der Waals surface area contributed by atoms with E-state index in [9.17, 15) is 24.9 Å². The summed E-state index contributed by atoms with van der Waals surface area (Å²) in [5, 5.41) is 33.4. The number of carbonyl (C=O) groups is 2. The van der Waals surface area contributed by atoms with Crippen LogP contribution in [-0.2, 0) is 19.1 Å². The molecule has 3 N–H and O–H groups in total. The van der Waals surface area contributed by atoms with Gasteiger partial charge in [0, 0.05) is 35.0 Å². The van der Waals surface area contributed by atoms with E-state index in [0.29, 0.717) is 6.42 Å². The highest BCUT2D eigenvalue weighted by molar-refractivity contribution is 5.92. The summed E-state index contributed by atoms with van der Waals surface area (Å²) in [5.41, 5.74) is -1.53. The summed E-state index contributed by atoms with van der Waals surface area (Å²) in [6.07, 6.45) is -0.0490. The third kappa shape index (κ3) is 2.75. The van der Waals surface area contributed by atoms with Gasteiger partial charge in [-0.3, -0.25) is 0 Å². The fraction of sp³-hybridized carbons (Fsp3) is 0.700. The lowest BCUT2D eigenvalue weighted by Crippen LogP contribution is -2.70. The number of hydrogen-bond acceptors (Lipinski definition) is 7. The fourth-order valence-corrected chi connectivity index (χ4v) is 5.01. The molecule has 0 amide bonds. The summed E-state index contributed by atoms with van der Waals surface area (Å²) in [4.78, 5) is 24.1. The van der Waals surface area contributed by atoms with Crippen molar-refractivity contribution in [3.63, 3.8) is 0 Å². The molecule has 0 radical (unpaired) electrons. The first kappa shape index (κ1) is 20.0. The average molecular weight is 380 g/mol. The van der Waals surface area contributed by atoms with Crippen molar-refractivity contribution in [3.05, 3.63) is 22.8 Å². The summed E-state index contributed by atoms with van der Waals surface area (Å²) in [6.45, 7) is 8.61. The molecule has 7 nitrogen and oxygen atoms in total. The Morgan fingerprint density at radius 2 is 1.96 bits per heavy atom. The standard InChI is InChI=1S/C20H28O7/c1-10(2)8-14(21)26-13-6-7-19(24)9-20(25)15(11(3)17(23)27-20)16(22)18(19,5)12(13)4/h8,12-13,16,22,24-25H,6-7,9H2,1-5H3/t12-,13-,16+,18-,19-,20+/m0/s1. The van der Waals surface area contributed by atoms with Gasteiger partial charge in [0.25, 0.3) is 0 Å². The molecule has 1 heterocycles. The van der Waals surface area contributed by atoms with Crippen LogP contribution in [0.25, 0.3) is 0 Å². The Hall–Kier alpha value is -1.70. The van der Waals surface area contributed by atoms with Crippen LogP contribution in [0, 0.1) is 11.3 Å². The van der Waals surface area contributed by atoms with Gasteiger partial charge >= 0.3 is 11.9 Å². The lowest BCUT2D eigenvalue weighted by atomic mass is 9.49. The molecule has 0 bridgehead atoms. The largest absolute Gasteiger partial charge is 0.459 e. The van der Waals surface area contributed by atoms with Crippen LogP contribution >= 0.6 is 0 Å². The molecule has 0 aromatic rings. The topological polar surface area (TPSA) is 113 Å². The summed E-state index contributed by atoms with van der Waals surface area (Å²) >= 11 is 0. The van der Waals surface area contributed by atoms with Gasteiger partial charge in [-0.1, -0.05) is 19.4 Å². The zero-order chi connectivity index (χ0) is 20.4. The van der Waals surface area contributed by atoms with Gasteiger partial charge in [0.2, 0.25) is 5.79 Å². The van der Waals surface area contributed by atoms with Crippen LogP contribution in [0.3, 0.4) is 0 Å². The number of esters is 2. The molecular formula is C20H28O7. The predicted octanol–water partition coefficient (Wildman–Crippen LogP) is 1.36. The zero-order valence-electron chi connectivity index (χ0n) is 16.4. The van der Waals surface area contributed by atoms with Gasteiger partial charge in [0.15, 0.2) is 0 Å². The van der Waals surface area contributed by atoms with E-state index >= 15 is 0 Å². The van der Waals surface area contributed by atoms with Crippen molar-refractivity contribution in [1.29, 1.82) is 0 Å². The Bertz CT molecular complexity index is 749. The second-order valence-corrected chi connectivity index (χ2v) is 8.63. The fourth-order valence-electron chi connectivity index (χ4n) is 5.01. The van der Waals surface area contributed by atoms with Gasteiger partial charge in [-0.2, -0.15) is 0 Å². The lowest BCUT2D eigenvalue weighted by Gasteiger charge is -2.61. The minimum Gasteiger partial charge on any atom is -0.459 e. The minimum absolute atomic E-state index is 0.0998. The molecule has 2 saturated carbocycles. The Labute approximate surface area is 158 Å². The van der Waals surface area contributed by atoms with Crippen LogP contribution in [-0.4, -0.2) is 50.9 Å². The van der Waals surface area contributed by atoms with Crippen molar-refractivity contribution in [3.8, 4) is 0 Å². The molecule has 0 spiro atoms. The van der Waals surface area contributed by atoms with Crippen LogP contribution in [0.2, 0.25) is 0 Å². The Morgan fingerprint density at radius 3 is 2.56 bits per heavy atom. The maximum absolute atomic E-state index is 12.1. The number of rotatable bonds is 2. The van der Waals surface area contributed by atoms with Crippen LogP contribution in [0.15, 0.2) is 22.8 Å². The third-order valence-corrected chi connectivity index (χ3v) is 6.79. The minimum atomic E-state index is -2.00. The molecule has 7 heteroatoms. The Morgan fingerprint density at radius 1 is 1.33 bits per heavy atom. The SMILES string of the molecule is CC(C)=CC(=O)O[C@H]1CC[C@]2(O)C[C@@]3(O)OC(=O)C(C)=C3[C@@H](O)[C@]2(C)[C@H]1C. The summed E-state index contributed by atoms with van der Waals surface area (Å²) in [7, 11) is 0. The second kappa shape index (κ2) is 6.15. The molecular weight excluding hydrogens is 352 g/mol. The zero-order valence-corrected chi connectivity index (χ0v) is 16.4. The number of carbonyl (C=O) groups excluding carboxylic acids is 2. The highest BCUT2D eigenvalue weighted by atomic mass is 16.7. The molecule has 2 fully saturated rings. The number of allylic oxidation sites excluding steroid dienone is 1.